The number of pyridine rings is 1. The molecule has 0 aliphatic carbocycles. The number of nitrogens with zero attached hydrogens (tertiary/aromatic N) is 6. The van der Waals surface area contributed by atoms with Gasteiger partial charge in [0.2, 0.25) is 17.7 Å². The highest BCUT2D eigenvalue weighted by Crippen LogP contribution is 2.34. The lowest BCUT2D eigenvalue weighted by atomic mass is 9.79. The van der Waals surface area contributed by atoms with Crippen molar-refractivity contribution in [2.45, 2.75) is 45.1 Å². The molecule has 0 spiro atoms. The molecule has 6 heterocycles. The number of hydrogen-bond acceptors (Lipinski definition) is 9. The van der Waals surface area contributed by atoms with Crippen LogP contribution in [0.3, 0.4) is 0 Å². The number of carbonyl (C=O) groups excluding carboxylic acids is 3. The topological polar surface area (TPSA) is 130 Å². The molecule has 1 N–H and O–H groups in total. The Bertz CT molecular complexity index is 1310. The number of carbonyl (C=O) groups is 3. The summed E-state index contributed by atoms with van der Waals surface area (Å²) < 4.78 is 11.5. The van der Waals surface area contributed by atoms with Crippen molar-refractivity contribution in [3.05, 3.63) is 48.2 Å². The molecule has 12 nitrogen and oxygen atoms in total. The van der Waals surface area contributed by atoms with E-state index in [9.17, 15) is 14.4 Å². The minimum atomic E-state index is -0.227. The largest absolute Gasteiger partial charge is 0.478 e. The fraction of sp³-hybridized carbons (Fsp3) is 0.636. The monoisotopic (exact) mass is 619 g/mol. The molecule has 3 saturated heterocycles. The first-order chi connectivity index (χ1) is 22.0. The normalized spacial score (nSPS) is 27.1. The summed E-state index contributed by atoms with van der Waals surface area (Å²) in [6, 6.07) is 5.26. The van der Waals surface area contributed by atoms with E-state index in [4.69, 9.17) is 9.47 Å². The quantitative estimate of drug-likeness (QED) is 0.546. The van der Waals surface area contributed by atoms with E-state index < -0.39 is 0 Å². The van der Waals surface area contributed by atoms with Crippen molar-refractivity contribution in [1.29, 1.82) is 0 Å². The number of piperidine rings is 2. The molecule has 4 atom stereocenters. The summed E-state index contributed by atoms with van der Waals surface area (Å²) in [5, 5.41) is 3.05. The number of morpholine rings is 1. The van der Waals surface area contributed by atoms with Crippen LogP contribution in [0.1, 0.15) is 54.6 Å². The molecular weight excluding hydrogens is 574 g/mol. The van der Waals surface area contributed by atoms with Crippen molar-refractivity contribution in [3.63, 3.8) is 0 Å². The fourth-order valence-electron chi connectivity index (χ4n) is 7.39. The SMILES string of the molecule is O=C1NCC[C@H]2CN(Cc3cncnc3)CC[C@H]2CC(=O)N2CC[C@@H](CC(=O)N3CCOCC3)[C@@H](CCOc3cccc1n3)C2. The van der Waals surface area contributed by atoms with Gasteiger partial charge in [0.25, 0.3) is 5.91 Å². The van der Waals surface area contributed by atoms with E-state index in [1.807, 2.05) is 22.2 Å². The first-order valence-electron chi connectivity index (χ1n) is 16.5. The van der Waals surface area contributed by atoms with Gasteiger partial charge < -0.3 is 24.6 Å². The third-order valence-corrected chi connectivity index (χ3v) is 9.97. The van der Waals surface area contributed by atoms with E-state index in [1.165, 1.54) is 0 Å². The molecule has 0 saturated carbocycles. The molecule has 2 aromatic heterocycles. The Hall–Kier alpha value is -3.64. The highest BCUT2D eigenvalue weighted by Gasteiger charge is 2.37. The minimum absolute atomic E-state index is 0.139. The van der Waals surface area contributed by atoms with E-state index in [-0.39, 0.29) is 41.4 Å². The van der Waals surface area contributed by atoms with Crippen molar-refractivity contribution in [3.8, 4) is 5.88 Å². The second kappa shape index (κ2) is 15.1. The van der Waals surface area contributed by atoms with Gasteiger partial charge in [0.05, 0.1) is 19.8 Å². The van der Waals surface area contributed by atoms with Gasteiger partial charge in [0.1, 0.15) is 12.0 Å². The zero-order valence-electron chi connectivity index (χ0n) is 26.0. The van der Waals surface area contributed by atoms with Gasteiger partial charge in [-0.1, -0.05) is 6.07 Å². The number of hydrogen-bond donors (Lipinski definition) is 1. The van der Waals surface area contributed by atoms with Gasteiger partial charge in [-0.15, -0.1) is 0 Å². The van der Waals surface area contributed by atoms with Crippen LogP contribution in [0.15, 0.2) is 36.9 Å². The number of rotatable bonds is 4. The first kappa shape index (κ1) is 31.3. The van der Waals surface area contributed by atoms with E-state index >= 15 is 0 Å². The molecule has 3 amide bonds. The predicted octanol–water partition coefficient (Wildman–Crippen LogP) is 2.02. The molecule has 4 aliphatic rings. The summed E-state index contributed by atoms with van der Waals surface area (Å²) in [4.78, 5) is 59.2. The molecule has 4 aliphatic heterocycles. The highest BCUT2D eigenvalue weighted by atomic mass is 16.5. The Morgan fingerprint density at radius 3 is 2.60 bits per heavy atom. The lowest BCUT2D eigenvalue weighted by Gasteiger charge is -2.42. The third-order valence-electron chi connectivity index (χ3n) is 9.97. The van der Waals surface area contributed by atoms with Crippen LogP contribution in [0, 0.1) is 23.7 Å². The van der Waals surface area contributed by atoms with Crippen LogP contribution in [-0.2, 0) is 20.9 Å². The van der Waals surface area contributed by atoms with Gasteiger partial charge >= 0.3 is 0 Å². The second-order valence-electron chi connectivity index (χ2n) is 12.9. The molecule has 3 fully saturated rings. The molecule has 0 unspecified atom stereocenters. The fourth-order valence-corrected chi connectivity index (χ4v) is 7.39. The maximum atomic E-state index is 13.8. The first-order valence-corrected chi connectivity index (χ1v) is 16.5. The standard InChI is InChI=1S/C33H45N7O5/c41-31(39-11-14-44-15-12-39)16-26-6-10-40-22-28(26)7-13-45-30-3-1-2-29(37-30)33(43)36-8-4-27-21-38(9-5-25(27)17-32(40)42)20-24-18-34-23-35-19-24/h1-3,18-19,23,25-28H,4-17,20-22H2,(H,36,43)/t25-,26-,27-,28-/m0/s1. The zero-order chi connectivity index (χ0) is 31.0. The summed E-state index contributed by atoms with van der Waals surface area (Å²) in [6.07, 6.45) is 9.43. The molecule has 0 aromatic carbocycles. The van der Waals surface area contributed by atoms with Crippen LogP contribution < -0.4 is 10.1 Å². The van der Waals surface area contributed by atoms with Crippen molar-refractivity contribution in [2.75, 3.05) is 65.6 Å². The molecule has 4 bridgehead atoms. The van der Waals surface area contributed by atoms with Crippen LogP contribution in [0.4, 0.5) is 0 Å². The van der Waals surface area contributed by atoms with Gasteiger partial charge in [-0.2, -0.15) is 0 Å². The van der Waals surface area contributed by atoms with Crippen molar-refractivity contribution in [2.24, 2.45) is 23.7 Å². The van der Waals surface area contributed by atoms with Crippen molar-refractivity contribution < 1.29 is 23.9 Å². The number of amides is 3. The average Bonchev–Trinajstić information content (AvgIpc) is 3.07. The maximum absolute atomic E-state index is 13.8. The number of fused-ring (bicyclic) bond motifs is 5. The number of ether oxygens (including phenoxy) is 2. The van der Waals surface area contributed by atoms with Crippen LogP contribution in [0.2, 0.25) is 0 Å². The number of aromatic nitrogens is 3. The molecule has 242 valence electrons. The Labute approximate surface area is 264 Å². The van der Waals surface area contributed by atoms with E-state index in [2.05, 4.69) is 25.2 Å². The van der Waals surface area contributed by atoms with Gasteiger partial charge in [-0.25, -0.2) is 15.0 Å². The Morgan fingerprint density at radius 1 is 0.911 bits per heavy atom. The lowest BCUT2D eigenvalue weighted by molar-refractivity contribution is -0.139. The van der Waals surface area contributed by atoms with Crippen molar-refractivity contribution >= 4 is 17.7 Å². The Kier molecular flexibility index (Phi) is 10.5. The molecule has 6 rings (SSSR count). The number of nitrogens with one attached hydrogen (secondary N) is 1. The van der Waals surface area contributed by atoms with E-state index in [0.29, 0.717) is 83.4 Å². The molecular formula is C33H45N7O5. The Balaban J connectivity index is 1.17. The summed E-state index contributed by atoms with van der Waals surface area (Å²) in [5.41, 5.74) is 1.40. The molecule has 2 aromatic rings. The van der Waals surface area contributed by atoms with Gasteiger partial charge in [-0.3, -0.25) is 19.3 Å². The average molecular weight is 620 g/mol. The van der Waals surface area contributed by atoms with Gasteiger partial charge in [0.15, 0.2) is 0 Å². The summed E-state index contributed by atoms with van der Waals surface area (Å²) in [7, 11) is 0. The van der Waals surface area contributed by atoms with E-state index in [0.717, 1.165) is 44.5 Å². The zero-order valence-corrected chi connectivity index (χ0v) is 26.0. The van der Waals surface area contributed by atoms with Crippen LogP contribution in [0.5, 0.6) is 5.88 Å². The summed E-state index contributed by atoms with van der Waals surface area (Å²) in [5.74, 6) is 1.35. The van der Waals surface area contributed by atoms with Crippen LogP contribution >= 0.6 is 0 Å². The maximum Gasteiger partial charge on any atom is 0.270 e. The molecule has 12 heteroatoms. The lowest BCUT2D eigenvalue weighted by Crippen LogP contribution is -2.48. The minimum Gasteiger partial charge on any atom is -0.478 e. The Morgan fingerprint density at radius 2 is 1.76 bits per heavy atom. The smallest absolute Gasteiger partial charge is 0.270 e. The molecule has 0 radical (unpaired) electrons. The van der Waals surface area contributed by atoms with E-state index in [1.54, 1.807) is 24.5 Å². The van der Waals surface area contributed by atoms with Gasteiger partial charge in [0, 0.05) is 82.7 Å². The van der Waals surface area contributed by atoms with Crippen LogP contribution in [0.25, 0.3) is 0 Å². The van der Waals surface area contributed by atoms with Crippen LogP contribution in [-0.4, -0.2) is 113 Å². The predicted molar refractivity (Wildman–Crippen MR) is 165 cm³/mol. The summed E-state index contributed by atoms with van der Waals surface area (Å²) in [6.45, 7) is 7.17. The third kappa shape index (κ3) is 8.35. The summed E-state index contributed by atoms with van der Waals surface area (Å²) >= 11 is 0. The van der Waals surface area contributed by atoms with Crippen molar-refractivity contribution in [1.82, 2.24) is 35.0 Å². The molecule has 45 heavy (non-hydrogen) atoms. The highest BCUT2D eigenvalue weighted by molar-refractivity contribution is 5.92. The second-order valence-corrected chi connectivity index (χ2v) is 12.9. The number of likely N-dealkylation sites (tertiary alicyclic amines) is 1. The van der Waals surface area contributed by atoms with Gasteiger partial charge in [-0.05, 0) is 62.0 Å².